The van der Waals surface area contributed by atoms with Crippen LogP contribution in [0.3, 0.4) is 0 Å². The SMILES string of the molecule is CN=C(NCCNS(=O)(=O)c1cccs1)NCc1ccc(C(F)(F)F)cc1.I. The van der Waals surface area contributed by atoms with E-state index in [9.17, 15) is 21.6 Å². The van der Waals surface area contributed by atoms with Gasteiger partial charge in [-0.05, 0) is 29.1 Å². The molecule has 0 atom stereocenters. The van der Waals surface area contributed by atoms with E-state index in [4.69, 9.17) is 0 Å². The van der Waals surface area contributed by atoms with Gasteiger partial charge in [0.25, 0.3) is 0 Å². The van der Waals surface area contributed by atoms with Crippen molar-refractivity contribution in [3.63, 3.8) is 0 Å². The average molecular weight is 548 g/mol. The third-order valence-electron chi connectivity index (χ3n) is 3.43. The van der Waals surface area contributed by atoms with E-state index in [-0.39, 0.29) is 47.8 Å². The molecule has 0 spiro atoms. The van der Waals surface area contributed by atoms with Crippen LogP contribution in [0.1, 0.15) is 11.1 Å². The summed E-state index contributed by atoms with van der Waals surface area (Å²) in [6, 6.07) is 7.99. The molecule has 0 saturated carbocycles. The van der Waals surface area contributed by atoms with Crippen molar-refractivity contribution in [1.29, 1.82) is 0 Å². The van der Waals surface area contributed by atoms with Crippen LogP contribution in [-0.2, 0) is 22.7 Å². The molecule has 1 aromatic carbocycles. The molecule has 0 aliphatic carbocycles. The number of aliphatic imine (C=N–C) groups is 1. The van der Waals surface area contributed by atoms with Crippen molar-refractivity contribution < 1.29 is 21.6 Å². The Bertz CT molecular complexity index is 855. The molecule has 0 saturated heterocycles. The fraction of sp³-hybridized carbons (Fsp3) is 0.312. The highest BCUT2D eigenvalue weighted by molar-refractivity contribution is 14.0. The summed E-state index contributed by atoms with van der Waals surface area (Å²) in [5.41, 5.74) is -0.0453. The van der Waals surface area contributed by atoms with Gasteiger partial charge in [0.1, 0.15) is 4.21 Å². The quantitative estimate of drug-likeness (QED) is 0.215. The van der Waals surface area contributed by atoms with E-state index in [2.05, 4.69) is 20.3 Å². The Morgan fingerprint density at radius 3 is 2.32 bits per heavy atom. The van der Waals surface area contributed by atoms with Crippen molar-refractivity contribution in [2.75, 3.05) is 20.1 Å². The van der Waals surface area contributed by atoms with Crippen LogP contribution >= 0.6 is 35.3 Å². The lowest BCUT2D eigenvalue weighted by Crippen LogP contribution is -2.41. The first kappa shape index (κ1) is 24.7. The zero-order chi connectivity index (χ0) is 19.9. The van der Waals surface area contributed by atoms with Crippen molar-refractivity contribution in [2.24, 2.45) is 4.99 Å². The number of rotatable bonds is 7. The summed E-state index contributed by atoms with van der Waals surface area (Å²) in [5.74, 6) is 0.408. The molecule has 0 unspecified atom stereocenters. The number of hydrogen-bond donors (Lipinski definition) is 3. The zero-order valence-corrected chi connectivity index (χ0v) is 18.7. The molecule has 0 radical (unpaired) electrons. The minimum absolute atomic E-state index is 0. The second-order valence-corrected chi connectivity index (χ2v) is 8.32. The van der Waals surface area contributed by atoms with E-state index in [1.54, 1.807) is 11.4 Å². The second kappa shape index (κ2) is 11.0. The summed E-state index contributed by atoms with van der Waals surface area (Å²) in [4.78, 5) is 3.98. The summed E-state index contributed by atoms with van der Waals surface area (Å²) in [6.07, 6.45) is -4.36. The first-order valence-electron chi connectivity index (χ1n) is 7.86. The van der Waals surface area contributed by atoms with Gasteiger partial charge in [-0.15, -0.1) is 35.3 Å². The molecular formula is C16H20F3IN4O2S2. The van der Waals surface area contributed by atoms with Gasteiger partial charge >= 0.3 is 6.18 Å². The number of nitrogens with zero attached hydrogens (tertiary/aromatic N) is 1. The second-order valence-electron chi connectivity index (χ2n) is 5.38. The number of alkyl halides is 3. The van der Waals surface area contributed by atoms with Crippen molar-refractivity contribution in [2.45, 2.75) is 16.9 Å². The van der Waals surface area contributed by atoms with Crippen LogP contribution in [-0.4, -0.2) is 34.5 Å². The van der Waals surface area contributed by atoms with Crippen LogP contribution in [0.15, 0.2) is 51.0 Å². The number of halogens is 4. The Kier molecular flexibility index (Phi) is 9.66. The third-order valence-corrected chi connectivity index (χ3v) is 6.29. The minimum atomic E-state index is -4.36. The number of thiophene rings is 1. The topological polar surface area (TPSA) is 82.6 Å². The van der Waals surface area contributed by atoms with Gasteiger partial charge in [-0.2, -0.15) is 13.2 Å². The van der Waals surface area contributed by atoms with Crippen LogP contribution in [0.2, 0.25) is 0 Å². The summed E-state index contributed by atoms with van der Waals surface area (Å²) < 4.78 is 64.3. The number of sulfonamides is 1. The predicted octanol–water partition coefficient (Wildman–Crippen LogP) is 3.03. The molecule has 6 nitrogen and oxygen atoms in total. The van der Waals surface area contributed by atoms with Crippen LogP contribution in [0.25, 0.3) is 0 Å². The molecule has 2 aromatic rings. The molecule has 0 bridgehead atoms. The van der Waals surface area contributed by atoms with Crippen molar-refractivity contribution in [3.05, 3.63) is 52.9 Å². The number of guanidine groups is 1. The van der Waals surface area contributed by atoms with Crippen molar-refractivity contribution in [1.82, 2.24) is 15.4 Å². The lowest BCUT2D eigenvalue weighted by molar-refractivity contribution is -0.137. The smallest absolute Gasteiger partial charge is 0.355 e. The molecule has 3 N–H and O–H groups in total. The predicted molar refractivity (Wildman–Crippen MR) is 115 cm³/mol. The first-order valence-corrected chi connectivity index (χ1v) is 10.2. The summed E-state index contributed by atoms with van der Waals surface area (Å²) in [6.45, 7) is 0.719. The third kappa shape index (κ3) is 7.56. The molecule has 0 aliphatic rings. The van der Waals surface area contributed by atoms with Gasteiger partial charge in [-0.3, -0.25) is 4.99 Å². The van der Waals surface area contributed by atoms with Crippen LogP contribution in [0, 0.1) is 0 Å². The molecule has 0 aliphatic heterocycles. The Balaban J connectivity index is 0.00000392. The van der Waals surface area contributed by atoms with Gasteiger partial charge in [-0.25, -0.2) is 13.1 Å². The maximum Gasteiger partial charge on any atom is 0.416 e. The fourth-order valence-electron chi connectivity index (χ4n) is 2.07. The maximum atomic E-state index is 12.5. The standard InChI is InChI=1S/C16H19F3N4O2S2.HI/c1-20-15(21-8-9-23-27(24,25)14-3-2-10-26-14)22-11-12-4-6-13(7-5-12)16(17,18)19;/h2-7,10,23H,8-9,11H2,1H3,(H2,20,21,22);1H. The van der Waals surface area contributed by atoms with Gasteiger partial charge in [-0.1, -0.05) is 18.2 Å². The lowest BCUT2D eigenvalue weighted by atomic mass is 10.1. The Hall–Kier alpha value is -1.38. The molecule has 2 rings (SSSR count). The summed E-state index contributed by atoms with van der Waals surface area (Å²) >= 11 is 1.13. The molecule has 0 amide bonds. The highest BCUT2D eigenvalue weighted by Crippen LogP contribution is 2.29. The normalized spacial score (nSPS) is 12.4. The Labute approximate surface area is 182 Å². The van der Waals surface area contributed by atoms with Gasteiger partial charge < -0.3 is 10.6 Å². The van der Waals surface area contributed by atoms with E-state index in [1.165, 1.54) is 25.2 Å². The van der Waals surface area contributed by atoms with E-state index >= 15 is 0 Å². The largest absolute Gasteiger partial charge is 0.416 e. The fourth-order valence-corrected chi connectivity index (χ4v) is 4.14. The summed E-state index contributed by atoms with van der Waals surface area (Å²) in [5, 5.41) is 7.56. The molecule has 12 heteroatoms. The van der Waals surface area contributed by atoms with E-state index in [0.717, 1.165) is 23.5 Å². The molecule has 156 valence electrons. The zero-order valence-electron chi connectivity index (χ0n) is 14.8. The highest BCUT2D eigenvalue weighted by atomic mass is 127. The monoisotopic (exact) mass is 548 g/mol. The van der Waals surface area contributed by atoms with Crippen molar-refractivity contribution in [3.8, 4) is 0 Å². The van der Waals surface area contributed by atoms with Gasteiger partial charge in [0, 0.05) is 26.7 Å². The van der Waals surface area contributed by atoms with Crippen molar-refractivity contribution >= 4 is 51.3 Å². The van der Waals surface area contributed by atoms with Crippen LogP contribution in [0.4, 0.5) is 13.2 Å². The van der Waals surface area contributed by atoms with Gasteiger partial charge in [0.15, 0.2) is 5.96 Å². The van der Waals surface area contributed by atoms with Gasteiger partial charge in [0.2, 0.25) is 10.0 Å². The Morgan fingerprint density at radius 1 is 1.11 bits per heavy atom. The number of nitrogens with one attached hydrogen (secondary N) is 3. The molecular weight excluding hydrogens is 528 g/mol. The summed E-state index contributed by atoms with van der Waals surface area (Å²) in [7, 11) is -1.98. The molecule has 1 heterocycles. The van der Waals surface area contributed by atoms with E-state index in [0.29, 0.717) is 11.5 Å². The number of benzene rings is 1. The molecule has 1 aromatic heterocycles. The first-order chi connectivity index (χ1) is 12.7. The highest BCUT2D eigenvalue weighted by Gasteiger charge is 2.29. The van der Waals surface area contributed by atoms with E-state index in [1.807, 2.05) is 0 Å². The Morgan fingerprint density at radius 2 is 1.79 bits per heavy atom. The van der Waals surface area contributed by atoms with Crippen LogP contribution in [0.5, 0.6) is 0 Å². The average Bonchev–Trinajstić information content (AvgIpc) is 3.16. The molecule has 28 heavy (non-hydrogen) atoms. The van der Waals surface area contributed by atoms with E-state index < -0.39 is 21.8 Å². The lowest BCUT2D eigenvalue weighted by Gasteiger charge is -2.13. The molecule has 0 fully saturated rings. The van der Waals surface area contributed by atoms with Gasteiger partial charge in [0.05, 0.1) is 5.56 Å². The van der Waals surface area contributed by atoms with Crippen LogP contribution < -0.4 is 15.4 Å². The number of hydrogen-bond acceptors (Lipinski definition) is 4. The minimum Gasteiger partial charge on any atom is -0.355 e. The maximum absolute atomic E-state index is 12.5.